The second-order valence-electron chi connectivity index (χ2n) is 5.42. The van der Waals surface area contributed by atoms with Gasteiger partial charge >= 0.3 is 0 Å². The van der Waals surface area contributed by atoms with Crippen LogP contribution in [0.15, 0.2) is 24.3 Å². The van der Waals surface area contributed by atoms with Gasteiger partial charge in [-0.3, -0.25) is 4.79 Å². The minimum atomic E-state index is -0.222. The van der Waals surface area contributed by atoms with Crippen molar-refractivity contribution in [3.05, 3.63) is 24.3 Å². The summed E-state index contributed by atoms with van der Waals surface area (Å²) >= 11 is 0. The summed E-state index contributed by atoms with van der Waals surface area (Å²) in [7, 11) is 0. The monoisotopic (exact) mass is 328 g/mol. The molecule has 0 radical (unpaired) electrons. The molecule has 1 saturated heterocycles. The third-order valence-corrected chi connectivity index (χ3v) is 3.64. The zero-order valence-electron chi connectivity index (χ0n) is 12.9. The highest BCUT2D eigenvalue weighted by Gasteiger charge is 2.17. The number of nitrogens with two attached hydrogens (primary N) is 1. The number of anilines is 1. The van der Waals surface area contributed by atoms with Gasteiger partial charge in [0.25, 0.3) is 0 Å². The Morgan fingerprint density at radius 3 is 2.91 bits per heavy atom. The first-order valence-corrected chi connectivity index (χ1v) is 7.55. The first-order chi connectivity index (χ1) is 10.2. The number of carbonyl (C=O) groups is 1. The van der Waals surface area contributed by atoms with E-state index in [1.165, 1.54) is 6.42 Å². The molecular weight excluding hydrogens is 304 g/mol. The highest BCUT2D eigenvalue weighted by molar-refractivity contribution is 5.93. The van der Waals surface area contributed by atoms with Crippen molar-refractivity contribution in [1.82, 2.24) is 0 Å². The van der Waals surface area contributed by atoms with E-state index in [0.29, 0.717) is 24.6 Å². The van der Waals surface area contributed by atoms with Gasteiger partial charge in [-0.2, -0.15) is 0 Å². The molecule has 3 N–H and O–H groups in total. The third kappa shape index (κ3) is 5.48. The van der Waals surface area contributed by atoms with E-state index in [2.05, 4.69) is 5.32 Å². The van der Waals surface area contributed by atoms with Gasteiger partial charge in [0, 0.05) is 19.1 Å². The lowest BCUT2D eigenvalue weighted by molar-refractivity contribution is -0.119. The van der Waals surface area contributed by atoms with Gasteiger partial charge in [0.05, 0.1) is 11.8 Å². The number of ether oxygens (including phenoxy) is 2. The average Bonchev–Trinajstić information content (AvgIpc) is 2.54. The lowest BCUT2D eigenvalue weighted by Gasteiger charge is -2.23. The van der Waals surface area contributed by atoms with Crippen LogP contribution in [-0.2, 0) is 9.53 Å². The summed E-state index contributed by atoms with van der Waals surface area (Å²) in [5.74, 6) is 0.353. The number of carbonyl (C=O) groups excluding carboxylic acids is 1. The first kappa shape index (κ1) is 18.7. The van der Waals surface area contributed by atoms with Crippen molar-refractivity contribution in [1.29, 1.82) is 0 Å². The lowest BCUT2D eigenvalue weighted by Crippen LogP contribution is -2.28. The molecule has 1 aliphatic rings. The van der Waals surface area contributed by atoms with Crippen molar-refractivity contribution in [3.8, 4) is 5.75 Å². The Hall–Kier alpha value is -1.30. The zero-order valence-corrected chi connectivity index (χ0v) is 13.7. The van der Waals surface area contributed by atoms with Crippen molar-refractivity contribution in [2.45, 2.75) is 32.3 Å². The van der Waals surface area contributed by atoms with E-state index in [4.69, 9.17) is 15.2 Å². The predicted octanol–water partition coefficient (Wildman–Crippen LogP) is 2.59. The van der Waals surface area contributed by atoms with E-state index < -0.39 is 0 Å². The third-order valence-electron chi connectivity index (χ3n) is 3.64. The highest BCUT2D eigenvalue weighted by Crippen LogP contribution is 2.25. The second kappa shape index (κ2) is 9.66. The van der Waals surface area contributed by atoms with E-state index in [1.807, 2.05) is 24.3 Å². The molecule has 1 aromatic rings. The molecule has 6 heteroatoms. The molecule has 124 valence electrons. The largest absolute Gasteiger partial charge is 0.489 e. The maximum Gasteiger partial charge on any atom is 0.228 e. The molecule has 0 aliphatic carbocycles. The molecule has 0 saturated carbocycles. The fourth-order valence-electron chi connectivity index (χ4n) is 2.18. The summed E-state index contributed by atoms with van der Waals surface area (Å²) in [6.07, 6.45) is 3.48. The molecule has 2 unspecified atom stereocenters. The molecule has 22 heavy (non-hydrogen) atoms. The number of para-hydroxylation sites is 2. The SMILES string of the molecule is CC(CN)C(=O)Nc1ccccc1OCC1CCCCO1.Cl. The number of benzene rings is 1. The van der Waals surface area contributed by atoms with Crippen molar-refractivity contribution < 1.29 is 14.3 Å². The Labute approximate surface area is 138 Å². The summed E-state index contributed by atoms with van der Waals surface area (Å²) in [4.78, 5) is 11.9. The minimum Gasteiger partial charge on any atom is -0.489 e. The molecular formula is C16H25ClN2O3. The van der Waals surface area contributed by atoms with Gasteiger partial charge in [0.2, 0.25) is 5.91 Å². The van der Waals surface area contributed by atoms with Crippen LogP contribution in [0.3, 0.4) is 0 Å². The van der Waals surface area contributed by atoms with Crippen molar-refractivity contribution in [2.24, 2.45) is 11.7 Å². The molecule has 1 heterocycles. The predicted molar refractivity (Wildman–Crippen MR) is 89.6 cm³/mol. The Balaban J connectivity index is 0.00000242. The van der Waals surface area contributed by atoms with Gasteiger partial charge in [0.1, 0.15) is 12.4 Å². The molecule has 1 aromatic carbocycles. The fraction of sp³-hybridized carbons (Fsp3) is 0.562. The van der Waals surface area contributed by atoms with E-state index in [0.717, 1.165) is 19.4 Å². The van der Waals surface area contributed by atoms with Gasteiger partial charge in [0.15, 0.2) is 0 Å². The maximum atomic E-state index is 11.9. The zero-order chi connectivity index (χ0) is 15.1. The van der Waals surface area contributed by atoms with E-state index >= 15 is 0 Å². The summed E-state index contributed by atoms with van der Waals surface area (Å²) in [5, 5.41) is 2.86. The Morgan fingerprint density at radius 1 is 1.45 bits per heavy atom. The van der Waals surface area contributed by atoms with Crippen LogP contribution in [0.25, 0.3) is 0 Å². The molecule has 1 aliphatic heterocycles. The standard InChI is InChI=1S/C16H24N2O3.ClH/c1-12(10-17)16(19)18-14-7-2-3-8-15(14)21-11-13-6-4-5-9-20-13;/h2-3,7-8,12-13H,4-6,9-11,17H2,1H3,(H,18,19);1H. The summed E-state index contributed by atoms with van der Waals surface area (Å²) in [5.41, 5.74) is 6.19. The fourth-order valence-corrected chi connectivity index (χ4v) is 2.18. The van der Waals surface area contributed by atoms with Crippen LogP contribution in [0.2, 0.25) is 0 Å². The molecule has 0 aromatic heterocycles. The van der Waals surface area contributed by atoms with Gasteiger partial charge in [-0.05, 0) is 31.4 Å². The quantitative estimate of drug-likeness (QED) is 0.841. The van der Waals surface area contributed by atoms with Crippen LogP contribution in [-0.4, -0.2) is 31.8 Å². The molecule has 2 rings (SSSR count). The van der Waals surface area contributed by atoms with Crippen LogP contribution in [0.5, 0.6) is 5.75 Å². The van der Waals surface area contributed by atoms with Crippen LogP contribution >= 0.6 is 12.4 Å². The molecule has 0 spiro atoms. The van der Waals surface area contributed by atoms with Crippen LogP contribution in [0, 0.1) is 5.92 Å². The summed E-state index contributed by atoms with van der Waals surface area (Å²) in [6, 6.07) is 7.44. The van der Waals surface area contributed by atoms with Gasteiger partial charge in [-0.1, -0.05) is 19.1 Å². The minimum absolute atomic E-state index is 0. The number of hydrogen-bond donors (Lipinski definition) is 2. The number of nitrogens with one attached hydrogen (secondary N) is 1. The molecule has 5 nitrogen and oxygen atoms in total. The average molecular weight is 329 g/mol. The Morgan fingerprint density at radius 2 is 2.23 bits per heavy atom. The number of hydrogen-bond acceptors (Lipinski definition) is 4. The number of halogens is 1. The second-order valence-corrected chi connectivity index (χ2v) is 5.42. The van der Waals surface area contributed by atoms with Crippen molar-refractivity contribution >= 4 is 24.0 Å². The molecule has 0 bridgehead atoms. The molecule has 1 fully saturated rings. The Bertz CT molecular complexity index is 464. The number of amides is 1. The van der Waals surface area contributed by atoms with Gasteiger partial charge < -0.3 is 20.5 Å². The van der Waals surface area contributed by atoms with Crippen LogP contribution in [0.1, 0.15) is 26.2 Å². The van der Waals surface area contributed by atoms with Gasteiger partial charge in [-0.15, -0.1) is 12.4 Å². The normalized spacial score (nSPS) is 18.9. The van der Waals surface area contributed by atoms with Crippen LogP contribution < -0.4 is 15.8 Å². The highest BCUT2D eigenvalue weighted by atomic mass is 35.5. The van der Waals surface area contributed by atoms with E-state index in [1.54, 1.807) is 6.92 Å². The Kier molecular flexibility index (Phi) is 8.24. The topological polar surface area (TPSA) is 73.6 Å². The van der Waals surface area contributed by atoms with Gasteiger partial charge in [-0.25, -0.2) is 0 Å². The smallest absolute Gasteiger partial charge is 0.228 e. The van der Waals surface area contributed by atoms with E-state index in [-0.39, 0.29) is 30.3 Å². The molecule has 1 amide bonds. The number of rotatable bonds is 6. The maximum absolute atomic E-state index is 11.9. The summed E-state index contributed by atoms with van der Waals surface area (Å²) in [6.45, 7) is 3.44. The van der Waals surface area contributed by atoms with Crippen LogP contribution in [0.4, 0.5) is 5.69 Å². The first-order valence-electron chi connectivity index (χ1n) is 7.55. The van der Waals surface area contributed by atoms with Crippen molar-refractivity contribution in [3.63, 3.8) is 0 Å². The molecule has 2 atom stereocenters. The summed E-state index contributed by atoms with van der Waals surface area (Å²) < 4.78 is 11.5. The van der Waals surface area contributed by atoms with E-state index in [9.17, 15) is 4.79 Å². The lowest BCUT2D eigenvalue weighted by atomic mass is 10.1. The van der Waals surface area contributed by atoms with Crippen molar-refractivity contribution in [2.75, 3.05) is 25.1 Å².